The number of aliphatic imine (C=N–C) groups is 1. The van der Waals surface area contributed by atoms with E-state index < -0.39 is 4.92 Å². The first-order valence-corrected chi connectivity index (χ1v) is 17.4. The Labute approximate surface area is 296 Å². The largest absolute Gasteiger partial charge is 0.487 e. The lowest BCUT2D eigenvalue weighted by Crippen LogP contribution is -2.31. The van der Waals surface area contributed by atoms with Gasteiger partial charge in [-0.3, -0.25) is 19.8 Å². The quantitative estimate of drug-likeness (QED) is 0.0894. The number of nitrogens with one attached hydrogen (secondary N) is 1. The van der Waals surface area contributed by atoms with E-state index in [1.807, 2.05) is 54.7 Å². The van der Waals surface area contributed by atoms with Gasteiger partial charge in [0.05, 0.1) is 24.5 Å². The van der Waals surface area contributed by atoms with Crippen LogP contribution in [0.1, 0.15) is 16.7 Å². The van der Waals surface area contributed by atoms with Crippen LogP contribution in [0.25, 0.3) is 27.8 Å². The van der Waals surface area contributed by atoms with E-state index in [0.29, 0.717) is 41.1 Å². The monoisotopic (exact) mass is 780 g/mol. The fourth-order valence-electron chi connectivity index (χ4n) is 5.55. The lowest BCUT2D eigenvalue weighted by atomic mass is 10.1. The molecule has 238 valence electrons. The average Bonchev–Trinajstić information content (AvgIpc) is 3.63. The van der Waals surface area contributed by atoms with Crippen LogP contribution in [0.2, 0.25) is 0 Å². The summed E-state index contributed by atoms with van der Waals surface area (Å²) in [5.74, 6) is 0.501. The molecule has 1 aliphatic rings. The highest BCUT2D eigenvalue weighted by molar-refractivity contribution is 9.11. The van der Waals surface area contributed by atoms with Crippen LogP contribution < -0.4 is 4.74 Å². The molecule has 1 fully saturated rings. The summed E-state index contributed by atoms with van der Waals surface area (Å²) in [6.07, 6.45) is 4.43. The number of nitro benzene ring substituents is 1. The average molecular weight is 783 g/mol. The Morgan fingerprint density at radius 2 is 1.65 bits per heavy atom. The number of carbonyl (C=O) groups is 1. The van der Waals surface area contributed by atoms with Crippen molar-refractivity contribution < 1.29 is 14.5 Å². The Kier molecular flexibility index (Phi) is 9.16. The van der Waals surface area contributed by atoms with Crippen LogP contribution in [-0.2, 0) is 17.8 Å². The second-order valence-corrected chi connectivity index (χ2v) is 13.8. The number of fused-ring (bicyclic) bond motifs is 2. The van der Waals surface area contributed by atoms with Crippen LogP contribution in [0.4, 0.5) is 11.4 Å². The predicted molar refractivity (Wildman–Crippen MR) is 200 cm³/mol. The van der Waals surface area contributed by atoms with Gasteiger partial charge in [-0.2, -0.15) is 0 Å². The number of benzene rings is 5. The van der Waals surface area contributed by atoms with Crippen LogP contribution in [0.3, 0.4) is 0 Å². The zero-order valence-electron chi connectivity index (χ0n) is 25.2. The molecule has 0 bridgehead atoms. The molecule has 11 heteroatoms. The van der Waals surface area contributed by atoms with Gasteiger partial charge in [-0.05, 0) is 120 Å². The van der Waals surface area contributed by atoms with Crippen molar-refractivity contribution in [3.8, 4) is 5.75 Å². The van der Waals surface area contributed by atoms with Gasteiger partial charge in [-0.1, -0.05) is 54.6 Å². The van der Waals surface area contributed by atoms with Crippen molar-refractivity contribution in [1.29, 1.82) is 0 Å². The Balaban J connectivity index is 1.14. The molecule has 7 rings (SSSR count). The molecule has 5 aromatic carbocycles. The molecule has 0 aliphatic carbocycles. The number of non-ortho nitro benzene ring substituents is 1. The van der Waals surface area contributed by atoms with Crippen LogP contribution >= 0.6 is 43.6 Å². The molecular weight excluding hydrogens is 756 g/mol. The summed E-state index contributed by atoms with van der Waals surface area (Å²) in [6.45, 7) is 0.802. The maximum Gasteiger partial charge on any atom is 0.269 e. The molecule has 6 aromatic rings. The van der Waals surface area contributed by atoms with Gasteiger partial charge < -0.3 is 9.72 Å². The Hall–Kier alpha value is -4.71. The van der Waals surface area contributed by atoms with Gasteiger partial charge in [0, 0.05) is 35.8 Å². The number of nitro groups is 1. The number of H-pyrrole nitrogens is 1. The number of para-hydroxylation sites is 1. The fraction of sp³-hybridized carbons (Fsp3) is 0.0811. The molecule has 0 saturated carbocycles. The van der Waals surface area contributed by atoms with E-state index in [2.05, 4.69) is 73.2 Å². The van der Waals surface area contributed by atoms with E-state index in [0.717, 1.165) is 41.9 Å². The third-order valence-electron chi connectivity index (χ3n) is 7.97. The first-order valence-electron chi connectivity index (χ1n) is 15.0. The van der Waals surface area contributed by atoms with Crippen LogP contribution in [-0.4, -0.2) is 32.4 Å². The van der Waals surface area contributed by atoms with E-state index in [-0.39, 0.29) is 11.6 Å². The Bertz CT molecular complexity index is 2240. The molecule has 2 heterocycles. The lowest BCUT2D eigenvalue weighted by molar-refractivity contribution is -0.384. The fourth-order valence-corrected chi connectivity index (χ4v) is 8.03. The number of nitrogens with zero attached hydrogens (tertiary/aromatic N) is 3. The van der Waals surface area contributed by atoms with Crippen LogP contribution in [0, 0.1) is 10.1 Å². The van der Waals surface area contributed by atoms with Gasteiger partial charge in [0.25, 0.3) is 11.6 Å². The van der Waals surface area contributed by atoms with Crippen molar-refractivity contribution in [2.45, 2.75) is 13.0 Å². The van der Waals surface area contributed by atoms with Gasteiger partial charge in [-0.15, -0.1) is 0 Å². The number of halogens is 2. The maximum atomic E-state index is 13.9. The summed E-state index contributed by atoms with van der Waals surface area (Å²) < 4.78 is 7.70. The minimum Gasteiger partial charge on any atom is -0.487 e. The number of amides is 1. The minimum atomic E-state index is -0.449. The highest BCUT2D eigenvalue weighted by Crippen LogP contribution is 2.39. The Morgan fingerprint density at radius 3 is 2.42 bits per heavy atom. The van der Waals surface area contributed by atoms with Crippen molar-refractivity contribution in [2.24, 2.45) is 4.99 Å². The second kappa shape index (κ2) is 13.8. The molecular formula is C37H26Br2N4O4S. The molecule has 0 radical (unpaired) electrons. The molecule has 48 heavy (non-hydrogen) atoms. The second-order valence-electron chi connectivity index (χ2n) is 11.1. The molecule has 0 spiro atoms. The van der Waals surface area contributed by atoms with Crippen LogP contribution in [0.15, 0.2) is 128 Å². The van der Waals surface area contributed by atoms with E-state index in [4.69, 9.17) is 9.73 Å². The number of aromatic nitrogens is 1. The maximum absolute atomic E-state index is 13.9. The molecule has 0 unspecified atom stereocenters. The molecule has 1 saturated heterocycles. The number of ether oxygens (including phenoxy) is 1. The third kappa shape index (κ3) is 6.80. The van der Waals surface area contributed by atoms with E-state index >= 15 is 0 Å². The van der Waals surface area contributed by atoms with Crippen LogP contribution in [0.5, 0.6) is 5.75 Å². The Morgan fingerprint density at radius 1 is 0.917 bits per heavy atom. The summed E-state index contributed by atoms with van der Waals surface area (Å²) in [6, 6.07) is 32.4. The topological polar surface area (TPSA) is 101 Å². The summed E-state index contributed by atoms with van der Waals surface area (Å²) in [7, 11) is 0. The molecule has 0 atom stereocenters. The van der Waals surface area contributed by atoms with Crippen molar-refractivity contribution in [3.05, 3.63) is 150 Å². The summed E-state index contributed by atoms with van der Waals surface area (Å²) in [4.78, 5) is 34.8. The van der Waals surface area contributed by atoms with E-state index in [1.54, 1.807) is 17.0 Å². The van der Waals surface area contributed by atoms with Gasteiger partial charge in [0.15, 0.2) is 5.17 Å². The van der Waals surface area contributed by atoms with Crippen molar-refractivity contribution in [2.75, 3.05) is 6.54 Å². The zero-order chi connectivity index (χ0) is 33.2. The predicted octanol–water partition coefficient (Wildman–Crippen LogP) is 10.2. The summed E-state index contributed by atoms with van der Waals surface area (Å²) >= 11 is 8.61. The molecule has 1 amide bonds. The molecule has 1 aliphatic heterocycles. The number of hydrogen-bond acceptors (Lipinski definition) is 6. The van der Waals surface area contributed by atoms with Gasteiger partial charge in [0.2, 0.25) is 0 Å². The summed E-state index contributed by atoms with van der Waals surface area (Å²) in [5, 5.41) is 15.1. The number of carbonyl (C=O) groups excluding carboxylic acids is 1. The standard InChI is InChI=1S/C37H26Br2N4O4S/c38-31-18-24(19-32(39)35(31)47-22-23-9-10-25-5-1-2-6-26(25)17-23)20-34-36(44)42(16-15-27-21-40-33-8-4-3-7-30(27)33)37(48-34)41-28-11-13-29(14-12-28)43(45)46/h1-14,17-21,40H,15-16,22H2/b34-20-,41-37?. The number of aromatic amines is 1. The number of amidine groups is 1. The summed E-state index contributed by atoms with van der Waals surface area (Å²) in [5.41, 5.74) is 4.49. The minimum absolute atomic E-state index is 0.0216. The molecule has 1 N–H and O–H groups in total. The zero-order valence-corrected chi connectivity index (χ0v) is 29.2. The van der Waals surface area contributed by atoms with Crippen molar-refractivity contribution >= 4 is 93.8 Å². The first-order chi connectivity index (χ1) is 23.3. The molecule has 1 aromatic heterocycles. The van der Waals surface area contributed by atoms with Crippen molar-refractivity contribution in [1.82, 2.24) is 9.88 Å². The number of thioether (sulfide) groups is 1. The number of rotatable bonds is 9. The van der Waals surface area contributed by atoms with Gasteiger partial charge in [0.1, 0.15) is 12.4 Å². The first kappa shape index (κ1) is 31.9. The normalized spacial score (nSPS) is 14.9. The highest BCUT2D eigenvalue weighted by atomic mass is 79.9. The lowest BCUT2D eigenvalue weighted by Gasteiger charge is -2.15. The third-order valence-corrected chi connectivity index (χ3v) is 10.2. The number of hydrogen-bond donors (Lipinski definition) is 1. The van der Waals surface area contributed by atoms with E-state index in [1.165, 1.54) is 29.3 Å². The SMILES string of the molecule is O=C1/C(=C/c2cc(Br)c(OCc3ccc4ccccc4c3)c(Br)c2)SC(=Nc2ccc([N+](=O)[O-])cc2)N1CCc1c[nH]c2ccccc12. The van der Waals surface area contributed by atoms with E-state index in [9.17, 15) is 14.9 Å². The highest BCUT2D eigenvalue weighted by Gasteiger charge is 2.33. The molecule has 8 nitrogen and oxygen atoms in total. The van der Waals surface area contributed by atoms with Crippen molar-refractivity contribution in [3.63, 3.8) is 0 Å². The smallest absolute Gasteiger partial charge is 0.269 e. The van der Waals surface area contributed by atoms with Gasteiger partial charge >= 0.3 is 0 Å². The van der Waals surface area contributed by atoms with Gasteiger partial charge in [-0.25, -0.2) is 4.99 Å².